The minimum Gasteiger partial charge on any atom is -0.481 e. The summed E-state index contributed by atoms with van der Waals surface area (Å²) < 4.78 is 25.0. The Balaban J connectivity index is 1.78. The average Bonchev–Trinajstić information content (AvgIpc) is 3.21. The lowest BCUT2D eigenvalue weighted by atomic mass is 9.81. The monoisotopic (exact) mass is 562 g/mol. The zero-order valence-electron chi connectivity index (χ0n) is 25.3. The molecule has 0 bridgehead atoms. The van der Waals surface area contributed by atoms with E-state index < -0.39 is 12.1 Å². The number of aliphatic hydroxyl groups is 1. The number of hydrogen-bond donors (Lipinski definition) is 2. The van der Waals surface area contributed by atoms with Crippen molar-refractivity contribution in [2.45, 2.75) is 136 Å². The van der Waals surface area contributed by atoms with Crippen LogP contribution in [0.4, 0.5) is 0 Å². The highest BCUT2D eigenvalue weighted by atomic mass is 16.7. The quantitative estimate of drug-likeness (QED) is 0.165. The van der Waals surface area contributed by atoms with Crippen LogP contribution in [0.3, 0.4) is 0 Å². The van der Waals surface area contributed by atoms with Crippen LogP contribution in [-0.4, -0.2) is 60.3 Å². The van der Waals surface area contributed by atoms with Gasteiger partial charge >= 0.3 is 5.97 Å². The van der Waals surface area contributed by atoms with E-state index in [1.165, 1.54) is 5.57 Å². The lowest BCUT2D eigenvalue weighted by molar-refractivity contribution is -0.197. The molecule has 0 aromatic rings. The summed E-state index contributed by atoms with van der Waals surface area (Å²) in [5.74, 6) is -0.743. The van der Waals surface area contributed by atoms with Gasteiger partial charge in [0.05, 0.1) is 18.3 Å². The summed E-state index contributed by atoms with van der Waals surface area (Å²) in [6.07, 6.45) is 19.5. The lowest BCUT2D eigenvalue weighted by Gasteiger charge is -2.36. The van der Waals surface area contributed by atoms with Gasteiger partial charge in [0.25, 0.3) is 0 Å². The molecule has 2 unspecified atom stereocenters. The SMILES string of the molecule is CC(C)=CCC(C)(C)[C@@H](C=C[C@@H]1[C@@H](CC=CCCCC(=O)O)[C@@H](O)C[C@H]1OC1CCCCO1)OC1CCCCO1. The van der Waals surface area contributed by atoms with Gasteiger partial charge in [-0.25, -0.2) is 0 Å². The fourth-order valence-corrected chi connectivity index (χ4v) is 5.87. The first kappa shape index (κ1) is 33.0. The van der Waals surface area contributed by atoms with Crippen LogP contribution in [0.2, 0.25) is 0 Å². The van der Waals surface area contributed by atoms with Gasteiger partial charge in [0, 0.05) is 32.0 Å². The van der Waals surface area contributed by atoms with E-state index in [0.29, 0.717) is 19.3 Å². The molecule has 3 fully saturated rings. The average molecular weight is 563 g/mol. The molecule has 2 heterocycles. The summed E-state index contributed by atoms with van der Waals surface area (Å²) in [7, 11) is 0. The van der Waals surface area contributed by atoms with E-state index >= 15 is 0 Å². The highest BCUT2D eigenvalue weighted by Gasteiger charge is 2.43. The van der Waals surface area contributed by atoms with Crippen molar-refractivity contribution in [2.75, 3.05) is 13.2 Å². The van der Waals surface area contributed by atoms with Crippen molar-refractivity contribution < 1.29 is 34.0 Å². The van der Waals surface area contributed by atoms with Gasteiger partial charge in [0.1, 0.15) is 0 Å². The van der Waals surface area contributed by atoms with Crippen LogP contribution in [0, 0.1) is 17.3 Å². The topological polar surface area (TPSA) is 94.5 Å². The Morgan fingerprint density at radius 3 is 2.38 bits per heavy atom. The number of carboxylic acid groups (broad SMARTS) is 1. The molecule has 0 aromatic heterocycles. The summed E-state index contributed by atoms with van der Waals surface area (Å²) in [6.45, 7) is 10.2. The highest BCUT2D eigenvalue weighted by Crippen LogP contribution is 2.41. The Kier molecular flexibility index (Phi) is 13.9. The van der Waals surface area contributed by atoms with Crippen molar-refractivity contribution in [1.82, 2.24) is 0 Å². The molecule has 0 spiro atoms. The van der Waals surface area contributed by atoms with E-state index in [9.17, 15) is 9.90 Å². The molecule has 3 aliphatic rings. The number of aliphatic carboxylic acids is 1. The van der Waals surface area contributed by atoms with E-state index in [4.69, 9.17) is 24.1 Å². The van der Waals surface area contributed by atoms with Crippen molar-refractivity contribution in [3.05, 3.63) is 36.0 Å². The molecule has 7 heteroatoms. The molecule has 7 nitrogen and oxygen atoms in total. The number of carboxylic acids is 1. The molecule has 0 amide bonds. The second kappa shape index (κ2) is 16.8. The van der Waals surface area contributed by atoms with Crippen LogP contribution in [0.25, 0.3) is 0 Å². The number of unbranched alkanes of at least 4 members (excludes halogenated alkanes) is 1. The van der Waals surface area contributed by atoms with Crippen molar-refractivity contribution >= 4 is 5.97 Å². The number of carbonyl (C=O) groups is 1. The molecule has 1 saturated carbocycles. The first-order chi connectivity index (χ1) is 19.2. The molecule has 0 aromatic carbocycles. The van der Waals surface area contributed by atoms with Crippen molar-refractivity contribution in [2.24, 2.45) is 17.3 Å². The van der Waals surface area contributed by atoms with Gasteiger partial charge in [-0.2, -0.15) is 0 Å². The fourth-order valence-electron chi connectivity index (χ4n) is 5.87. The molecule has 228 valence electrons. The number of ether oxygens (including phenoxy) is 4. The number of rotatable bonds is 15. The first-order valence-electron chi connectivity index (χ1n) is 15.6. The molecule has 40 heavy (non-hydrogen) atoms. The summed E-state index contributed by atoms with van der Waals surface area (Å²) in [6, 6.07) is 0. The normalized spacial score (nSPS) is 30.6. The third kappa shape index (κ3) is 11.1. The Morgan fingerprint density at radius 2 is 1.75 bits per heavy atom. The van der Waals surface area contributed by atoms with E-state index in [0.717, 1.165) is 64.6 Å². The second-order valence-electron chi connectivity index (χ2n) is 12.7. The molecule has 1 aliphatic carbocycles. The Bertz CT molecular complexity index is 832. The minimum atomic E-state index is -0.766. The maximum atomic E-state index is 11.1. The van der Waals surface area contributed by atoms with Gasteiger partial charge in [-0.3, -0.25) is 4.79 Å². The van der Waals surface area contributed by atoms with E-state index in [1.54, 1.807) is 0 Å². The van der Waals surface area contributed by atoms with E-state index in [-0.39, 0.29) is 48.5 Å². The fraction of sp³-hybridized carbons (Fsp3) is 0.788. The van der Waals surface area contributed by atoms with Crippen molar-refractivity contribution in [1.29, 1.82) is 0 Å². The Morgan fingerprint density at radius 1 is 1.05 bits per heavy atom. The maximum Gasteiger partial charge on any atom is 0.303 e. The number of hydrogen-bond acceptors (Lipinski definition) is 6. The molecule has 3 rings (SSSR count). The molecule has 2 aliphatic heterocycles. The van der Waals surface area contributed by atoms with Gasteiger partial charge in [0.2, 0.25) is 0 Å². The Labute approximate surface area is 242 Å². The second-order valence-corrected chi connectivity index (χ2v) is 12.7. The predicted octanol–water partition coefficient (Wildman–Crippen LogP) is 6.95. The predicted molar refractivity (Wildman–Crippen MR) is 157 cm³/mol. The molecular formula is C33H54O7. The van der Waals surface area contributed by atoms with Gasteiger partial charge in [0.15, 0.2) is 12.6 Å². The highest BCUT2D eigenvalue weighted by molar-refractivity contribution is 5.66. The standard InChI is InChI=1S/C33H54O7/c1-24(2)19-20-33(3,4)29(40-32-16-10-12-22-38-32)18-17-26-25(13-7-5-6-8-14-30(35)36)27(34)23-28(26)39-31-15-9-11-21-37-31/h5,7,17-19,25-29,31-32,34H,6,8-16,20-23H2,1-4H3,(H,35,36)/t25-,26-,27+,28-,29-,31?,32?/m1/s1. The zero-order valence-corrected chi connectivity index (χ0v) is 25.3. The van der Waals surface area contributed by atoms with E-state index in [1.807, 2.05) is 6.08 Å². The number of allylic oxidation sites excluding steroid dienone is 4. The molecule has 2 N–H and O–H groups in total. The van der Waals surface area contributed by atoms with Crippen LogP contribution in [0.5, 0.6) is 0 Å². The summed E-state index contributed by atoms with van der Waals surface area (Å²) in [4.78, 5) is 10.8. The van der Waals surface area contributed by atoms with Crippen LogP contribution < -0.4 is 0 Å². The van der Waals surface area contributed by atoms with Gasteiger partial charge in [-0.05, 0) is 89.4 Å². The molecule has 7 atom stereocenters. The smallest absolute Gasteiger partial charge is 0.303 e. The van der Waals surface area contributed by atoms with Gasteiger partial charge in [-0.1, -0.05) is 49.8 Å². The summed E-state index contributed by atoms with van der Waals surface area (Å²) >= 11 is 0. The Hall–Kier alpha value is -1.51. The lowest BCUT2D eigenvalue weighted by Crippen LogP contribution is -2.36. The van der Waals surface area contributed by atoms with Crippen molar-refractivity contribution in [3.8, 4) is 0 Å². The van der Waals surface area contributed by atoms with Gasteiger partial charge < -0.3 is 29.2 Å². The van der Waals surface area contributed by atoms with Crippen molar-refractivity contribution in [3.63, 3.8) is 0 Å². The third-order valence-corrected chi connectivity index (χ3v) is 8.44. The third-order valence-electron chi connectivity index (χ3n) is 8.44. The largest absolute Gasteiger partial charge is 0.481 e. The summed E-state index contributed by atoms with van der Waals surface area (Å²) in [5, 5.41) is 20.0. The maximum absolute atomic E-state index is 11.1. The number of aliphatic hydroxyl groups excluding tert-OH is 1. The van der Waals surface area contributed by atoms with E-state index in [2.05, 4.69) is 52.0 Å². The van der Waals surface area contributed by atoms with Crippen LogP contribution in [0.1, 0.15) is 105 Å². The molecule has 2 saturated heterocycles. The van der Waals surface area contributed by atoms with Crippen LogP contribution in [0.15, 0.2) is 36.0 Å². The van der Waals surface area contributed by atoms with Crippen LogP contribution >= 0.6 is 0 Å². The summed E-state index contributed by atoms with van der Waals surface area (Å²) in [5.41, 5.74) is 1.15. The van der Waals surface area contributed by atoms with Gasteiger partial charge in [-0.15, -0.1) is 0 Å². The first-order valence-corrected chi connectivity index (χ1v) is 15.6. The molecule has 0 radical (unpaired) electrons. The molecular weight excluding hydrogens is 508 g/mol. The minimum absolute atomic E-state index is 0.00744. The zero-order chi connectivity index (χ0) is 29.0. The van der Waals surface area contributed by atoms with Crippen LogP contribution in [-0.2, 0) is 23.7 Å².